The van der Waals surface area contributed by atoms with Gasteiger partial charge in [0.1, 0.15) is 6.04 Å². The number of Topliss-reactive ketones (excluding diaryl/α,β-unsaturated/α-hetero) is 1. The van der Waals surface area contributed by atoms with E-state index in [1.807, 2.05) is 13.8 Å². The third-order valence-electron chi connectivity index (χ3n) is 5.89. The molecule has 0 aromatic heterocycles. The standard InChI is InChI=1S/C24H36F3N3O4S/c1-16(2)6-5-12-30-13-11-20(22(31)15-30)28-23(32)21(14-17(3)4)29-35(33,34)19-9-7-18(8-10-19)24(25,26)27/h7-10,16-17,20-21,29H,5-6,11-15H2,1-4H3,(H,28,32)/t20?,21-/m0/s1. The summed E-state index contributed by atoms with van der Waals surface area (Å²) in [6.45, 7) is 9.61. The predicted molar refractivity (Wildman–Crippen MR) is 127 cm³/mol. The van der Waals surface area contributed by atoms with Crippen molar-refractivity contribution in [3.05, 3.63) is 29.8 Å². The minimum Gasteiger partial charge on any atom is -0.345 e. The van der Waals surface area contributed by atoms with Crippen molar-refractivity contribution in [3.63, 3.8) is 0 Å². The number of amides is 1. The van der Waals surface area contributed by atoms with Gasteiger partial charge in [-0.3, -0.25) is 14.5 Å². The zero-order chi connectivity index (χ0) is 26.4. The Kier molecular flexibility index (Phi) is 10.3. The van der Waals surface area contributed by atoms with E-state index < -0.39 is 39.8 Å². The largest absolute Gasteiger partial charge is 0.416 e. The number of likely N-dealkylation sites (tertiary alicyclic amines) is 1. The molecular weight excluding hydrogens is 483 g/mol. The van der Waals surface area contributed by atoms with Gasteiger partial charge in [0, 0.05) is 6.54 Å². The molecule has 1 aromatic rings. The van der Waals surface area contributed by atoms with Crippen molar-refractivity contribution < 1.29 is 31.2 Å². The van der Waals surface area contributed by atoms with E-state index in [9.17, 15) is 31.2 Å². The van der Waals surface area contributed by atoms with E-state index in [0.717, 1.165) is 31.5 Å². The molecule has 2 rings (SSSR count). The molecule has 1 aliphatic rings. The Morgan fingerprint density at radius 1 is 1.11 bits per heavy atom. The van der Waals surface area contributed by atoms with E-state index in [2.05, 4.69) is 28.8 Å². The highest BCUT2D eigenvalue weighted by atomic mass is 32.2. The lowest BCUT2D eigenvalue weighted by atomic mass is 10.00. The molecule has 0 saturated carbocycles. The zero-order valence-corrected chi connectivity index (χ0v) is 21.5. The second-order valence-corrected chi connectivity index (χ2v) is 11.7. The van der Waals surface area contributed by atoms with Crippen LogP contribution in [0.3, 0.4) is 0 Å². The zero-order valence-electron chi connectivity index (χ0n) is 20.7. The van der Waals surface area contributed by atoms with Crippen molar-refractivity contribution in [3.8, 4) is 0 Å². The van der Waals surface area contributed by atoms with Gasteiger partial charge in [0.2, 0.25) is 15.9 Å². The molecule has 11 heteroatoms. The second-order valence-electron chi connectivity index (χ2n) is 9.95. The topological polar surface area (TPSA) is 95.6 Å². The minimum atomic E-state index is -4.59. The van der Waals surface area contributed by atoms with Gasteiger partial charge in [-0.25, -0.2) is 8.42 Å². The first-order valence-corrected chi connectivity index (χ1v) is 13.4. The van der Waals surface area contributed by atoms with Crippen molar-refractivity contribution in [1.82, 2.24) is 14.9 Å². The fourth-order valence-corrected chi connectivity index (χ4v) is 5.19. The van der Waals surface area contributed by atoms with Gasteiger partial charge in [-0.1, -0.05) is 27.7 Å². The van der Waals surface area contributed by atoms with Crippen LogP contribution in [0.2, 0.25) is 0 Å². The van der Waals surface area contributed by atoms with Crippen LogP contribution in [0.1, 0.15) is 58.9 Å². The van der Waals surface area contributed by atoms with Gasteiger partial charge >= 0.3 is 6.18 Å². The SMILES string of the molecule is CC(C)CCCN1CCC(NC(=O)[C@H](CC(C)C)NS(=O)(=O)c2ccc(C(F)(F)F)cc2)C(=O)C1. The third kappa shape index (κ3) is 9.20. The van der Waals surface area contributed by atoms with Crippen LogP contribution >= 0.6 is 0 Å². The van der Waals surface area contributed by atoms with Crippen molar-refractivity contribution >= 4 is 21.7 Å². The number of nitrogens with zero attached hydrogens (tertiary/aromatic N) is 1. The molecule has 0 bridgehead atoms. The lowest BCUT2D eigenvalue weighted by Gasteiger charge is -2.32. The van der Waals surface area contributed by atoms with E-state index in [0.29, 0.717) is 31.0 Å². The number of alkyl halides is 3. The summed E-state index contributed by atoms with van der Waals surface area (Å²) in [7, 11) is -4.26. The highest BCUT2D eigenvalue weighted by Gasteiger charge is 2.34. The maximum absolute atomic E-state index is 13.0. The molecule has 7 nitrogen and oxygen atoms in total. The first kappa shape index (κ1) is 29.3. The van der Waals surface area contributed by atoms with E-state index in [4.69, 9.17) is 0 Å². The predicted octanol–water partition coefficient (Wildman–Crippen LogP) is 3.59. The molecule has 198 valence electrons. The molecule has 2 atom stereocenters. The summed E-state index contributed by atoms with van der Waals surface area (Å²) in [5, 5.41) is 2.68. The Morgan fingerprint density at radius 2 is 1.74 bits per heavy atom. The highest BCUT2D eigenvalue weighted by molar-refractivity contribution is 7.89. The first-order valence-electron chi connectivity index (χ1n) is 11.9. The highest BCUT2D eigenvalue weighted by Crippen LogP contribution is 2.29. The normalized spacial score (nSPS) is 18.8. The number of hydrogen-bond donors (Lipinski definition) is 2. The van der Waals surface area contributed by atoms with Crippen LogP contribution in [-0.4, -0.2) is 56.7 Å². The Balaban J connectivity index is 2.04. The number of nitrogens with one attached hydrogen (secondary N) is 2. The van der Waals surface area contributed by atoms with Crippen LogP contribution in [0.15, 0.2) is 29.2 Å². The van der Waals surface area contributed by atoms with Crippen LogP contribution in [-0.2, 0) is 25.8 Å². The van der Waals surface area contributed by atoms with E-state index in [1.165, 1.54) is 0 Å². The van der Waals surface area contributed by atoms with E-state index >= 15 is 0 Å². The molecule has 1 saturated heterocycles. The molecule has 0 aliphatic carbocycles. The average Bonchev–Trinajstić information content (AvgIpc) is 2.74. The van der Waals surface area contributed by atoms with Gasteiger partial charge < -0.3 is 5.32 Å². The summed E-state index contributed by atoms with van der Waals surface area (Å²) >= 11 is 0. The number of rotatable bonds is 11. The maximum atomic E-state index is 13.0. The molecular formula is C24H36F3N3O4S. The number of ketones is 1. The third-order valence-corrected chi connectivity index (χ3v) is 7.37. The summed E-state index contributed by atoms with van der Waals surface area (Å²) < 4.78 is 66.3. The number of piperidine rings is 1. The number of halogens is 3. The fraction of sp³-hybridized carbons (Fsp3) is 0.667. The van der Waals surface area contributed by atoms with Crippen LogP contribution in [0, 0.1) is 11.8 Å². The summed E-state index contributed by atoms with van der Waals surface area (Å²) in [5.41, 5.74) is -0.970. The number of carbonyl (C=O) groups excluding carboxylic acids is 2. The Morgan fingerprint density at radius 3 is 2.26 bits per heavy atom. The van der Waals surface area contributed by atoms with Gasteiger partial charge in [-0.15, -0.1) is 0 Å². The van der Waals surface area contributed by atoms with Crippen molar-refractivity contribution in [2.45, 2.75) is 76.5 Å². The van der Waals surface area contributed by atoms with Crippen molar-refractivity contribution in [2.24, 2.45) is 11.8 Å². The molecule has 0 radical (unpaired) electrons. The number of carbonyl (C=O) groups is 2. The lowest BCUT2D eigenvalue weighted by molar-refractivity contribution is -0.137. The van der Waals surface area contributed by atoms with Gasteiger partial charge in [0.15, 0.2) is 5.78 Å². The van der Waals surface area contributed by atoms with Crippen molar-refractivity contribution in [1.29, 1.82) is 0 Å². The summed E-state index contributed by atoms with van der Waals surface area (Å²) in [4.78, 5) is 27.3. The molecule has 35 heavy (non-hydrogen) atoms. The Hall–Kier alpha value is -1.98. The van der Waals surface area contributed by atoms with Crippen LogP contribution in [0.5, 0.6) is 0 Å². The average molecular weight is 520 g/mol. The summed E-state index contributed by atoms with van der Waals surface area (Å²) in [6, 6.07) is 1.20. The molecule has 1 unspecified atom stereocenters. The first-order chi connectivity index (χ1) is 16.2. The van der Waals surface area contributed by atoms with Gasteiger partial charge in [-0.05, 0) is 68.3 Å². The number of hydrogen-bond acceptors (Lipinski definition) is 5. The van der Waals surface area contributed by atoms with E-state index in [-0.39, 0.29) is 29.6 Å². The molecule has 0 spiro atoms. The van der Waals surface area contributed by atoms with Crippen LogP contribution in [0.25, 0.3) is 0 Å². The van der Waals surface area contributed by atoms with Crippen LogP contribution < -0.4 is 10.0 Å². The smallest absolute Gasteiger partial charge is 0.345 e. The second kappa shape index (κ2) is 12.3. The number of sulfonamides is 1. The maximum Gasteiger partial charge on any atom is 0.416 e. The quantitative estimate of drug-likeness (QED) is 0.466. The number of benzene rings is 1. The van der Waals surface area contributed by atoms with Crippen LogP contribution in [0.4, 0.5) is 13.2 Å². The summed E-state index contributed by atoms with van der Waals surface area (Å²) in [6.07, 6.45) is -1.93. The summed E-state index contributed by atoms with van der Waals surface area (Å²) in [5.74, 6) is -0.213. The lowest BCUT2D eigenvalue weighted by Crippen LogP contribution is -2.56. The molecule has 2 N–H and O–H groups in total. The molecule has 1 amide bonds. The van der Waals surface area contributed by atoms with Gasteiger partial charge in [-0.2, -0.15) is 17.9 Å². The molecule has 1 heterocycles. The fourth-order valence-electron chi connectivity index (χ4n) is 3.98. The molecule has 1 fully saturated rings. The Labute approximate surface area is 205 Å². The molecule has 1 aliphatic heterocycles. The van der Waals surface area contributed by atoms with E-state index in [1.54, 1.807) is 0 Å². The van der Waals surface area contributed by atoms with Gasteiger partial charge in [0.05, 0.1) is 23.0 Å². The van der Waals surface area contributed by atoms with Gasteiger partial charge in [0.25, 0.3) is 0 Å². The minimum absolute atomic E-state index is 0.0560. The Bertz CT molecular complexity index is 963. The monoisotopic (exact) mass is 519 g/mol. The van der Waals surface area contributed by atoms with Crippen molar-refractivity contribution in [2.75, 3.05) is 19.6 Å². The molecule has 1 aromatic carbocycles.